The number of rotatable bonds is 4. The molecule has 5 heteroatoms. The number of nitrogens with one attached hydrogen (secondary N) is 2. The highest BCUT2D eigenvalue weighted by Crippen LogP contribution is 2.39. The van der Waals surface area contributed by atoms with Crippen molar-refractivity contribution < 1.29 is 4.74 Å². The number of ether oxygens (including phenoxy) is 1. The smallest absolute Gasteiger partial charge is 0.191 e. The molecule has 4 nitrogen and oxygen atoms in total. The molecule has 0 spiro atoms. The topological polar surface area (TPSA) is 45.6 Å². The van der Waals surface area contributed by atoms with Gasteiger partial charge in [-0.05, 0) is 43.6 Å². The maximum atomic E-state index is 5.91. The van der Waals surface area contributed by atoms with Crippen molar-refractivity contribution in [3.63, 3.8) is 0 Å². The van der Waals surface area contributed by atoms with Gasteiger partial charge in [-0.2, -0.15) is 0 Å². The summed E-state index contributed by atoms with van der Waals surface area (Å²) in [5, 5.41) is 6.77. The van der Waals surface area contributed by atoms with Crippen LogP contribution in [-0.2, 0) is 4.74 Å². The molecule has 23 heavy (non-hydrogen) atoms. The Kier molecular flexibility index (Phi) is 7.14. The zero-order valence-corrected chi connectivity index (χ0v) is 16.2. The number of nitrogens with zero attached hydrogens (tertiary/aromatic N) is 1. The van der Waals surface area contributed by atoms with Crippen molar-refractivity contribution in [2.24, 2.45) is 4.99 Å². The minimum Gasteiger partial charge on any atom is -0.376 e. The van der Waals surface area contributed by atoms with Gasteiger partial charge in [0.15, 0.2) is 5.96 Å². The first-order chi connectivity index (χ1) is 10.8. The summed E-state index contributed by atoms with van der Waals surface area (Å²) in [4.78, 5) is 4.48. The number of aliphatic imine (C=N–C) groups is 1. The molecule has 1 aromatic rings. The molecule has 0 atom stereocenters. The molecule has 0 amide bonds. The normalized spacial score (nSPS) is 27.3. The molecular formula is C18H28IN3O. The van der Waals surface area contributed by atoms with Crippen LogP contribution in [0, 0.1) is 0 Å². The van der Waals surface area contributed by atoms with Gasteiger partial charge in [-0.15, -0.1) is 24.0 Å². The molecule has 0 radical (unpaired) electrons. The van der Waals surface area contributed by atoms with E-state index in [1.165, 1.54) is 18.4 Å². The summed E-state index contributed by atoms with van der Waals surface area (Å²) in [5.41, 5.74) is 1.42. The molecule has 128 valence electrons. The van der Waals surface area contributed by atoms with Gasteiger partial charge in [0, 0.05) is 26.7 Å². The van der Waals surface area contributed by atoms with Crippen molar-refractivity contribution in [1.82, 2.24) is 10.6 Å². The first-order valence-electron chi connectivity index (χ1n) is 8.44. The van der Waals surface area contributed by atoms with Crippen LogP contribution in [0.1, 0.15) is 43.6 Å². The predicted octanol–water partition coefficient (Wildman–Crippen LogP) is 3.29. The first kappa shape index (κ1) is 18.5. The highest BCUT2D eigenvalue weighted by atomic mass is 127. The van der Waals surface area contributed by atoms with Gasteiger partial charge in [0.1, 0.15) is 0 Å². The molecular weight excluding hydrogens is 401 g/mol. The van der Waals surface area contributed by atoms with E-state index in [0.717, 1.165) is 44.9 Å². The Morgan fingerprint density at radius 1 is 1.26 bits per heavy atom. The van der Waals surface area contributed by atoms with Crippen LogP contribution in [0.15, 0.2) is 35.3 Å². The van der Waals surface area contributed by atoms with Gasteiger partial charge in [0.05, 0.1) is 5.60 Å². The van der Waals surface area contributed by atoms with Gasteiger partial charge in [-0.1, -0.05) is 30.3 Å². The Bertz CT molecular complexity index is 498. The molecule has 0 aromatic heterocycles. The second-order valence-electron chi connectivity index (χ2n) is 6.44. The minimum absolute atomic E-state index is 0. The molecule has 2 N–H and O–H groups in total. The summed E-state index contributed by atoms with van der Waals surface area (Å²) in [6, 6.07) is 10.9. The number of methoxy groups -OCH3 is 1. The maximum Gasteiger partial charge on any atom is 0.191 e. The number of guanidine groups is 1. The molecule has 0 unspecified atom stereocenters. The zero-order valence-electron chi connectivity index (χ0n) is 13.9. The van der Waals surface area contributed by atoms with Crippen LogP contribution in [-0.4, -0.2) is 38.3 Å². The minimum atomic E-state index is -0.0487. The first-order valence-corrected chi connectivity index (χ1v) is 8.44. The van der Waals surface area contributed by atoms with Crippen molar-refractivity contribution in [2.45, 2.75) is 43.6 Å². The van der Waals surface area contributed by atoms with Crippen LogP contribution < -0.4 is 10.6 Å². The second kappa shape index (κ2) is 8.87. The van der Waals surface area contributed by atoms with E-state index in [0.29, 0.717) is 5.92 Å². The highest BCUT2D eigenvalue weighted by Gasteiger charge is 2.35. The van der Waals surface area contributed by atoms with E-state index in [-0.39, 0.29) is 29.6 Å². The van der Waals surface area contributed by atoms with E-state index in [4.69, 9.17) is 4.74 Å². The van der Waals surface area contributed by atoms with Gasteiger partial charge in [-0.3, -0.25) is 4.99 Å². The quantitative estimate of drug-likeness (QED) is 0.723. The van der Waals surface area contributed by atoms with Crippen LogP contribution in [0.2, 0.25) is 0 Å². The van der Waals surface area contributed by atoms with Gasteiger partial charge in [-0.25, -0.2) is 0 Å². The van der Waals surface area contributed by atoms with Gasteiger partial charge in [0.25, 0.3) is 0 Å². The highest BCUT2D eigenvalue weighted by molar-refractivity contribution is 14.0. The van der Waals surface area contributed by atoms with Crippen LogP contribution in [0.4, 0.5) is 0 Å². The Hall–Kier alpha value is -0.820. The van der Waals surface area contributed by atoms with Crippen molar-refractivity contribution in [2.75, 3.05) is 26.7 Å². The third kappa shape index (κ3) is 4.83. The molecule has 1 heterocycles. The Labute approximate surface area is 156 Å². The molecule has 0 saturated heterocycles. The molecule has 1 aromatic carbocycles. The zero-order chi connectivity index (χ0) is 15.3. The number of halogens is 1. The van der Waals surface area contributed by atoms with Crippen molar-refractivity contribution in [1.29, 1.82) is 0 Å². The molecule has 1 saturated carbocycles. The monoisotopic (exact) mass is 429 g/mol. The Balaban J connectivity index is 0.00000192. The lowest BCUT2D eigenvalue weighted by molar-refractivity contribution is -0.0384. The van der Waals surface area contributed by atoms with Gasteiger partial charge in [0.2, 0.25) is 0 Å². The largest absolute Gasteiger partial charge is 0.376 e. The summed E-state index contributed by atoms with van der Waals surface area (Å²) in [5.74, 6) is 1.61. The lowest BCUT2D eigenvalue weighted by Gasteiger charge is -2.39. The van der Waals surface area contributed by atoms with E-state index >= 15 is 0 Å². The second-order valence-corrected chi connectivity index (χ2v) is 6.44. The van der Waals surface area contributed by atoms with E-state index < -0.39 is 0 Å². The summed E-state index contributed by atoms with van der Waals surface area (Å²) >= 11 is 0. The summed E-state index contributed by atoms with van der Waals surface area (Å²) in [6.07, 6.45) is 5.71. The van der Waals surface area contributed by atoms with Crippen LogP contribution in [0.5, 0.6) is 0 Å². The van der Waals surface area contributed by atoms with E-state index in [9.17, 15) is 0 Å². The maximum absolute atomic E-state index is 5.91. The van der Waals surface area contributed by atoms with Crippen molar-refractivity contribution in [3.05, 3.63) is 35.9 Å². The van der Waals surface area contributed by atoms with Crippen LogP contribution in [0.25, 0.3) is 0 Å². The number of benzene rings is 1. The molecule has 2 aliphatic rings. The third-order valence-corrected chi connectivity index (χ3v) is 5.08. The van der Waals surface area contributed by atoms with Crippen molar-refractivity contribution >= 4 is 29.9 Å². The fraction of sp³-hybridized carbons (Fsp3) is 0.611. The van der Waals surface area contributed by atoms with E-state index in [2.05, 4.69) is 46.0 Å². The summed E-state index contributed by atoms with van der Waals surface area (Å²) in [6.45, 7) is 2.78. The van der Waals surface area contributed by atoms with Crippen molar-refractivity contribution in [3.8, 4) is 0 Å². The van der Waals surface area contributed by atoms with E-state index in [1.54, 1.807) is 0 Å². The predicted molar refractivity (Wildman–Crippen MR) is 106 cm³/mol. The van der Waals surface area contributed by atoms with Crippen LogP contribution in [0.3, 0.4) is 0 Å². The average molecular weight is 429 g/mol. The SMILES string of the molecule is COC1(CNC2=NCCCN2)CCC(c2ccccc2)CC1.I. The lowest BCUT2D eigenvalue weighted by Crippen LogP contribution is -2.50. The van der Waals surface area contributed by atoms with Gasteiger partial charge < -0.3 is 15.4 Å². The Morgan fingerprint density at radius 3 is 2.61 bits per heavy atom. The number of hydrogen-bond acceptors (Lipinski definition) is 4. The fourth-order valence-corrected chi connectivity index (χ4v) is 3.55. The summed E-state index contributed by atoms with van der Waals surface area (Å²) < 4.78 is 5.91. The molecule has 3 rings (SSSR count). The third-order valence-electron chi connectivity index (χ3n) is 5.08. The molecule has 1 aliphatic heterocycles. The fourth-order valence-electron chi connectivity index (χ4n) is 3.55. The standard InChI is InChI=1S/C18H27N3O.HI/c1-22-18(14-21-17-19-12-5-13-20-17)10-8-16(9-11-18)15-6-3-2-4-7-15;/h2-4,6-7,16H,5,8-14H2,1H3,(H2,19,20,21);1H. The van der Waals surface area contributed by atoms with E-state index in [1.807, 2.05) is 7.11 Å². The van der Waals surface area contributed by atoms with Crippen LogP contribution >= 0.6 is 24.0 Å². The molecule has 1 aliphatic carbocycles. The average Bonchev–Trinajstić information content (AvgIpc) is 2.62. The number of hydrogen-bond donors (Lipinski definition) is 2. The van der Waals surface area contributed by atoms with Gasteiger partial charge >= 0.3 is 0 Å². The molecule has 1 fully saturated rings. The molecule has 0 bridgehead atoms. The summed E-state index contributed by atoms with van der Waals surface area (Å²) in [7, 11) is 1.85. The Morgan fingerprint density at radius 2 is 2.00 bits per heavy atom. The lowest BCUT2D eigenvalue weighted by atomic mass is 9.76.